The number of carbonyl (C=O) groups is 1. The van der Waals surface area contributed by atoms with Gasteiger partial charge in [-0.2, -0.15) is 0 Å². The molecule has 0 unspecified atom stereocenters. The number of aldehydes is 1. The lowest BCUT2D eigenvalue weighted by Gasteiger charge is -2.07. The molecule has 2 atom stereocenters. The molecule has 0 aliphatic rings. The van der Waals surface area contributed by atoms with Crippen LogP contribution < -0.4 is 0 Å². The van der Waals surface area contributed by atoms with Crippen molar-refractivity contribution in [3.63, 3.8) is 0 Å². The molecular weight excluding hydrogens is 148 g/mol. The van der Waals surface area contributed by atoms with Gasteiger partial charge >= 0.3 is 0 Å². The zero-order chi connectivity index (χ0) is 9.40. The van der Waals surface area contributed by atoms with E-state index in [4.69, 9.17) is 0 Å². The van der Waals surface area contributed by atoms with Crippen molar-refractivity contribution < 1.29 is 4.79 Å². The molecule has 0 saturated carbocycles. The van der Waals surface area contributed by atoms with Gasteiger partial charge in [0, 0.05) is 5.92 Å². The number of hydrogen-bond acceptors (Lipinski definition) is 1. The smallest absolute Gasteiger partial charge is 0.123 e. The molecule has 0 heterocycles. The largest absolute Gasteiger partial charge is 0.303 e. The lowest BCUT2D eigenvalue weighted by Crippen LogP contribution is -2.05. The first kappa shape index (κ1) is 11.4. The van der Waals surface area contributed by atoms with Crippen molar-refractivity contribution in [1.82, 2.24) is 0 Å². The number of carbonyl (C=O) groups excluding carboxylic acids is 1. The van der Waals surface area contributed by atoms with Gasteiger partial charge in [0.15, 0.2) is 0 Å². The highest BCUT2D eigenvalue weighted by Crippen LogP contribution is 2.10. The zero-order valence-corrected chi connectivity index (χ0v) is 8.42. The van der Waals surface area contributed by atoms with Crippen molar-refractivity contribution in [2.75, 3.05) is 0 Å². The predicted molar refractivity (Wildman–Crippen MR) is 53.1 cm³/mol. The Morgan fingerprint density at radius 1 is 1.25 bits per heavy atom. The van der Waals surface area contributed by atoms with Crippen molar-refractivity contribution in [3.05, 3.63) is 12.2 Å². The molecule has 0 rings (SSSR count). The van der Waals surface area contributed by atoms with E-state index in [0.29, 0.717) is 5.92 Å². The molecule has 0 aromatic carbocycles. The van der Waals surface area contributed by atoms with E-state index >= 15 is 0 Å². The Balaban J connectivity index is 3.59. The molecule has 0 spiro atoms. The summed E-state index contributed by atoms with van der Waals surface area (Å²) >= 11 is 0. The summed E-state index contributed by atoms with van der Waals surface area (Å²) in [4.78, 5) is 10.4. The van der Waals surface area contributed by atoms with E-state index in [9.17, 15) is 4.79 Å². The standard InChI is InChI=1S/C11H20O/c1-4-5-6-7-8-10(2)11(3)9-12/h7-11H,4-6H2,1-3H3/b8-7-/t10-,11-/m1/s1. The van der Waals surface area contributed by atoms with Crippen molar-refractivity contribution in [2.45, 2.75) is 40.0 Å². The molecular formula is C11H20O. The average molecular weight is 168 g/mol. The number of allylic oxidation sites excluding steroid dienone is 2. The van der Waals surface area contributed by atoms with Gasteiger partial charge in [-0.25, -0.2) is 0 Å². The van der Waals surface area contributed by atoms with Crippen molar-refractivity contribution >= 4 is 6.29 Å². The number of rotatable bonds is 6. The van der Waals surface area contributed by atoms with E-state index in [1.54, 1.807) is 0 Å². The van der Waals surface area contributed by atoms with E-state index in [1.165, 1.54) is 12.8 Å². The number of hydrogen-bond donors (Lipinski definition) is 0. The molecule has 12 heavy (non-hydrogen) atoms. The Kier molecular flexibility index (Phi) is 6.73. The Hall–Kier alpha value is -0.590. The molecule has 0 radical (unpaired) electrons. The third kappa shape index (κ3) is 5.11. The molecule has 0 aromatic rings. The van der Waals surface area contributed by atoms with E-state index in [-0.39, 0.29) is 5.92 Å². The van der Waals surface area contributed by atoms with Crippen molar-refractivity contribution in [3.8, 4) is 0 Å². The van der Waals surface area contributed by atoms with Crippen LogP contribution in [0.25, 0.3) is 0 Å². The second kappa shape index (κ2) is 7.08. The summed E-state index contributed by atoms with van der Waals surface area (Å²) in [6, 6.07) is 0. The Morgan fingerprint density at radius 3 is 2.42 bits per heavy atom. The van der Waals surface area contributed by atoms with Gasteiger partial charge < -0.3 is 4.79 Å². The second-order valence-electron chi connectivity index (χ2n) is 3.42. The second-order valence-corrected chi connectivity index (χ2v) is 3.42. The highest BCUT2D eigenvalue weighted by molar-refractivity contribution is 5.53. The van der Waals surface area contributed by atoms with Crippen LogP contribution in [0.15, 0.2) is 12.2 Å². The summed E-state index contributed by atoms with van der Waals surface area (Å²) in [6.45, 7) is 6.23. The molecule has 70 valence electrons. The summed E-state index contributed by atoms with van der Waals surface area (Å²) in [6.07, 6.45) is 8.99. The van der Waals surface area contributed by atoms with Gasteiger partial charge in [-0.15, -0.1) is 0 Å². The summed E-state index contributed by atoms with van der Waals surface area (Å²) in [5, 5.41) is 0. The van der Waals surface area contributed by atoms with Crippen LogP contribution in [-0.4, -0.2) is 6.29 Å². The van der Waals surface area contributed by atoms with E-state index in [2.05, 4.69) is 26.0 Å². The summed E-state index contributed by atoms with van der Waals surface area (Å²) < 4.78 is 0. The fourth-order valence-electron chi connectivity index (χ4n) is 0.932. The maximum absolute atomic E-state index is 10.4. The van der Waals surface area contributed by atoms with Gasteiger partial charge in [-0.1, -0.05) is 45.8 Å². The van der Waals surface area contributed by atoms with Gasteiger partial charge in [0.2, 0.25) is 0 Å². The van der Waals surface area contributed by atoms with Crippen LogP contribution in [0.3, 0.4) is 0 Å². The molecule has 0 saturated heterocycles. The Bertz CT molecular complexity index is 138. The Labute approximate surface area is 75.9 Å². The van der Waals surface area contributed by atoms with Gasteiger partial charge in [-0.3, -0.25) is 0 Å². The first-order valence-electron chi connectivity index (χ1n) is 4.84. The average Bonchev–Trinajstić information content (AvgIpc) is 2.10. The molecule has 0 aliphatic carbocycles. The summed E-state index contributed by atoms with van der Waals surface area (Å²) in [5.41, 5.74) is 0. The molecule has 0 fully saturated rings. The highest BCUT2D eigenvalue weighted by atomic mass is 16.1. The molecule has 0 N–H and O–H groups in total. The number of unbranched alkanes of at least 4 members (excludes halogenated alkanes) is 2. The van der Waals surface area contributed by atoms with Crippen LogP contribution in [0.1, 0.15) is 40.0 Å². The Morgan fingerprint density at radius 2 is 1.92 bits per heavy atom. The fraction of sp³-hybridized carbons (Fsp3) is 0.727. The highest BCUT2D eigenvalue weighted by Gasteiger charge is 2.05. The third-order valence-corrected chi connectivity index (χ3v) is 2.21. The van der Waals surface area contributed by atoms with Crippen LogP contribution in [0.2, 0.25) is 0 Å². The van der Waals surface area contributed by atoms with Gasteiger partial charge in [0.1, 0.15) is 6.29 Å². The minimum atomic E-state index is 0.155. The lowest BCUT2D eigenvalue weighted by molar-refractivity contribution is -0.111. The van der Waals surface area contributed by atoms with Crippen LogP contribution >= 0.6 is 0 Å². The van der Waals surface area contributed by atoms with Crippen LogP contribution in [0.5, 0.6) is 0 Å². The van der Waals surface area contributed by atoms with Crippen molar-refractivity contribution in [1.29, 1.82) is 0 Å². The first-order valence-corrected chi connectivity index (χ1v) is 4.84. The monoisotopic (exact) mass is 168 g/mol. The van der Waals surface area contributed by atoms with Gasteiger partial charge in [-0.05, 0) is 12.3 Å². The van der Waals surface area contributed by atoms with Gasteiger partial charge in [0.05, 0.1) is 0 Å². The first-order chi connectivity index (χ1) is 5.72. The SMILES string of the molecule is CCCC/C=C\[C@@H](C)[C@H](C)C=O. The molecule has 1 heteroatoms. The lowest BCUT2D eigenvalue weighted by atomic mass is 9.97. The van der Waals surface area contributed by atoms with Crippen LogP contribution in [-0.2, 0) is 4.79 Å². The van der Waals surface area contributed by atoms with E-state index < -0.39 is 0 Å². The van der Waals surface area contributed by atoms with Crippen LogP contribution in [0.4, 0.5) is 0 Å². The zero-order valence-electron chi connectivity index (χ0n) is 8.42. The molecule has 0 amide bonds. The molecule has 0 aromatic heterocycles. The fourth-order valence-corrected chi connectivity index (χ4v) is 0.932. The minimum Gasteiger partial charge on any atom is -0.303 e. The van der Waals surface area contributed by atoms with Gasteiger partial charge in [0.25, 0.3) is 0 Å². The van der Waals surface area contributed by atoms with E-state index in [0.717, 1.165) is 12.7 Å². The van der Waals surface area contributed by atoms with E-state index in [1.807, 2.05) is 6.92 Å². The molecule has 0 bridgehead atoms. The van der Waals surface area contributed by atoms with Crippen LogP contribution in [0, 0.1) is 11.8 Å². The summed E-state index contributed by atoms with van der Waals surface area (Å²) in [5.74, 6) is 0.544. The van der Waals surface area contributed by atoms with Crippen molar-refractivity contribution in [2.24, 2.45) is 11.8 Å². The minimum absolute atomic E-state index is 0.155. The maximum Gasteiger partial charge on any atom is 0.123 e. The topological polar surface area (TPSA) is 17.1 Å². The molecule has 1 nitrogen and oxygen atoms in total. The normalized spacial score (nSPS) is 16.2. The predicted octanol–water partition coefficient (Wildman–Crippen LogP) is 3.20. The summed E-state index contributed by atoms with van der Waals surface area (Å²) in [7, 11) is 0. The third-order valence-electron chi connectivity index (χ3n) is 2.21. The maximum atomic E-state index is 10.4. The quantitative estimate of drug-likeness (QED) is 0.338. The molecule has 0 aliphatic heterocycles.